The Balaban J connectivity index is 3.70. The minimum Gasteiger partial charge on any atom is -0.481 e. The van der Waals surface area contributed by atoms with Gasteiger partial charge in [0.1, 0.15) is 25.0 Å². The van der Waals surface area contributed by atoms with Crippen molar-refractivity contribution in [1.82, 2.24) is 16.0 Å². The second kappa shape index (κ2) is 43.1. The minimum absolute atomic E-state index is 0.0192. The number of rotatable bonds is 48. The monoisotopic (exact) mass is 928 g/mol. The maximum atomic E-state index is 12.5. The number of carbonyl (C=O) groups excluding carboxylic acids is 5. The Labute approximate surface area is 390 Å². The van der Waals surface area contributed by atoms with Crippen LogP contribution in [-0.4, -0.2) is 123 Å². The Hall–Kier alpha value is -3.47. The molecule has 0 aliphatic heterocycles. The SMILES string of the molecule is CC(C)C[C@@H](CCCCNC(=O)COCCOCCCC(=O)COCCOCCNC(=O)CC[C@@H](NC(=O)CCCCCCCCCCCCCCCCC(=O)O)C(=O)O)C(=O)C(C)C. The van der Waals surface area contributed by atoms with Crippen LogP contribution in [0.2, 0.25) is 0 Å². The van der Waals surface area contributed by atoms with Gasteiger partial charge in [-0.05, 0) is 50.9 Å². The number of carbonyl (C=O) groups is 7. The van der Waals surface area contributed by atoms with E-state index in [1.165, 1.54) is 44.9 Å². The van der Waals surface area contributed by atoms with E-state index in [9.17, 15) is 38.7 Å². The van der Waals surface area contributed by atoms with Gasteiger partial charge in [0, 0.05) is 57.2 Å². The molecule has 0 aliphatic rings. The largest absolute Gasteiger partial charge is 0.481 e. The van der Waals surface area contributed by atoms with Crippen LogP contribution >= 0.6 is 0 Å². The molecule has 16 nitrogen and oxygen atoms in total. The average molecular weight is 928 g/mol. The summed E-state index contributed by atoms with van der Waals surface area (Å²) in [6.45, 7) is 10.5. The van der Waals surface area contributed by atoms with Gasteiger partial charge >= 0.3 is 11.9 Å². The molecule has 0 radical (unpaired) electrons. The molecule has 378 valence electrons. The Bertz CT molecular complexity index is 1280. The number of ketones is 2. The zero-order valence-corrected chi connectivity index (χ0v) is 40.7. The summed E-state index contributed by atoms with van der Waals surface area (Å²) < 4.78 is 21.6. The first-order valence-corrected chi connectivity index (χ1v) is 24.9. The molecule has 3 amide bonds. The lowest BCUT2D eigenvalue weighted by molar-refractivity contribution is -0.142. The van der Waals surface area contributed by atoms with Crippen LogP contribution in [0.3, 0.4) is 0 Å². The Morgan fingerprint density at radius 3 is 1.54 bits per heavy atom. The van der Waals surface area contributed by atoms with Gasteiger partial charge in [0.2, 0.25) is 17.7 Å². The van der Waals surface area contributed by atoms with Crippen LogP contribution in [0.25, 0.3) is 0 Å². The van der Waals surface area contributed by atoms with Crippen LogP contribution in [-0.2, 0) is 52.5 Å². The fourth-order valence-electron chi connectivity index (χ4n) is 7.28. The lowest BCUT2D eigenvalue weighted by atomic mass is 9.84. The number of carboxylic acid groups (broad SMARTS) is 2. The molecule has 0 bridgehead atoms. The fraction of sp³-hybridized carbons (Fsp3) is 0.857. The van der Waals surface area contributed by atoms with Gasteiger partial charge in [0.15, 0.2) is 5.78 Å². The van der Waals surface area contributed by atoms with Crippen molar-refractivity contribution in [3.63, 3.8) is 0 Å². The molecule has 0 aromatic rings. The van der Waals surface area contributed by atoms with E-state index < -0.39 is 18.0 Å². The third-order valence-electron chi connectivity index (χ3n) is 10.9. The van der Waals surface area contributed by atoms with Gasteiger partial charge in [0.05, 0.1) is 33.0 Å². The van der Waals surface area contributed by atoms with Crippen molar-refractivity contribution in [2.24, 2.45) is 17.8 Å². The molecular weight excluding hydrogens is 839 g/mol. The zero-order chi connectivity index (χ0) is 48.3. The lowest BCUT2D eigenvalue weighted by Crippen LogP contribution is -2.41. The number of hydrogen-bond acceptors (Lipinski definition) is 11. The number of Topliss-reactive ketones (excluding diaryl/α,β-unsaturated/α-hetero) is 2. The van der Waals surface area contributed by atoms with Gasteiger partial charge in [-0.2, -0.15) is 0 Å². The molecule has 0 unspecified atom stereocenters. The summed E-state index contributed by atoms with van der Waals surface area (Å²) in [5.74, 6) is -1.89. The van der Waals surface area contributed by atoms with Gasteiger partial charge in [-0.3, -0.25) is 28.8 Å². The Morgan fingerprint density at radius 2 is 0.985 bits per heavy atom. The second-order valence-electron chi connectivity index (χ2n) is 17.9. The average Bonchev–Trinajstić information content (AvgIpc) is 3.25. The Morgan fingerprint density at radius 1 is 0.462 bits per heavy atom. The molecule has 0 spiro atoms. The van der Waals surface area contributed by atoms with Crippen LogP contribution in [0.1, 0.15) is 182 Å². The van der Waals surface area contributed by atoms with Crippen LogP contribution < -0.4 is 16.0 Å². The Kier molecular flexibility index (Phi) is 40.8. The molecule has 0 saturated heterocycles. The van der Waals surface area contributed by atoms with E-state index in [1.54, 1.807) is 0 Å². The standard InChI is InChI=1S/C49H89N3O13/c1-39(2)36-41(48(59)40(3)4)22-19-20-28-50-46(56)38-65-35-32-62-30-21-23-42(53)37-64-34-33-63-31-29-51-44(54)27-26-43(49(60)61)52-45(55)24-17-15-13-11-9-7-5-6-8-10-12-14-16-18-25-47(57)58/h39-41,43H,5-38H2,1-4H3,(H,50,56)(H,51,54)(H,52,55)(H,57,58)(H,60,61)/t41-,43-/m1/s1. The number of aliphatic carboxylic acids is 2. The first kappa shape index (κ1) is 61.5. The normalized spacial score (nSPS) is 12.3. The van der Waals surface area contributed by atoms with E-state index >= 15 is 0 Å². The highest BCUT2D eigenvalue weighted by Crippen LogP contribution is 2.22. The molecular formula is C49H89N3O13. The molecule has 65 heavy (non-hydrogen) atoms. The zero-order valence-electron chi connectivity index (χ0n) is 40.7. The molecule has 0 fully saturated rings. The quantitative estimate of drug-likeness (QED) is 0.0376. The first-order chi connectivity index (χ1) is 31.2. The molecule has 5 N–H and O–H groups in total. The summed E-state index contributed by atoms with van der Waals surface area (Å²) in [5.41, 5.74) is 0. The molecule has 0 heterocycles. The smallest absolute Gasteiger partial charge is 0.326 e. The maximum Gasteiger partial charge on any atom is 0.326 e. The number of amides is 3. The summed E-state index contributed by atoms with van der Waals surface area (Å²) >= 11 is 0. The predicted molar refractivity (Wildman–Crippen MR) is 250 cm³/mol. The second-order valence-corrected chi connectivity index (χ2v) is 17.9. The van der Waals surface area contributed by atoms with Crippen LogP contribution in [0, 0.1) is 17.8 Å². The third kappa shape index (κ3) is 41.7. The van der Waals surface area contributed by atoms with E-state index in [2.05, 4.69) is 29.8 Å². The molecule has 0 aliphatic carbocycles. The summed E-state index contributed by atoms with van der Waals surface area (Å²) in [6, 6.07) is -1.13. The van der Waals surface area contributed by atoms with Gasteiger partial charge in [-0.15, -0.1) is 0 Å². The molecule has 0 aromatic carbocycles. The van der Waals surface area contributed by atoms with Gasteiger partial charge in [0.25, 0.3) is 0 Å². The number of unbranched alkanes of at least 4 members (excludes halogenated alkanes) is 14. The highest BCUT2D eigenvalue weighted by atomic mass is 16.5. The van der Waals surface area contributed by atoms with E-state index in [0.717, 1.165) is 64.2 Å². The van der Waals surface area contributed by atoms with Crippen molar-refractivity contribution in [2.45, 2.75) is 188 Å². The van der Waals surface area contributed by atoms with Crippen LogP contribution in [0.5, 0.6) is 0 Å². The van der Waals surface area contributed by atoms with Crippen molar-refractivity contribution in [3.8, 4) is 0 Å². The molecule has 0 saturated carbocycles. The van der Waals surface area contributed by atoms with E-state index in [-0.39, 0.29) is 107 Å². The highest BCUT2D eigenvalue weighted by molar-refractivity contribution is 5.84. The van der Waals surface area contributed by atoms with E-state index in [0.29, 0.717) is 50.7 Å². The lowest BCUT2D eigenvalue weighted by Gasteiger charge is -2.19. The van der Waals surface area contributed by atoms with Crippen molar-refractivity contribution >= 4 is 41.2 Å². The number of nitrogens with one attached hydrogen (secondary N) is 3. The molecule has 2 atom stereocenters. The molecule has 0 rings (SSSR count). The first-order valence-electron chi connectivity index (χ1n) is 24.9. The van der Waals surface area contributed by atoms with Gasteiger partial charge < -0.3 is 45.1 Å². The third-order valence-corrected chi connectivity index (χ3v) is 10.9. The maximum absolute atomic E-state index is 12.5. The number of hydrogen-bond donors (Lipinski definition) is 5. The number of carboxylic acids is 2. The predicted octanol–water partition coefficient (Wildman–Crippen LogP) is 7.37. The van der Waals surface area contributed by atoms with Crippen molar-refractivity contribution in [2.75, 3.05) is 65.9 Å². The van der Waals surface area contributed by atoms with Crippen molar-refractivity contribution in [3.05, 3.63) is 0 Å². The topological polar surface area (TPSA) is 233 Å². The van der Waals surface area contributed by atoms with Gasteiger partial charge in [-0.25, -0.2) is 4.79 Å². The van der Waals surface area contributed by atoms with Crippen LogP contribution in [0.4, 0.5) is 0 Å². The molecule has 16 heteroatoms. The highest BCUT2D eigenvalue weighted by Gasteiger charge is 2.22. The molecule has 0 aromatic heterocycles. The summed E-state index contributed by atoms with van der Waals surface area (Å²) in [5, 5.41) is 26.3. The number of ether oxygens (including phenoxy) is 4. The van der Waals surface area contributed by atoms with Crippen molar-refractivity contribution < 1.29 is 62.7 Å². The van der Waals surface area contributed by atoms with Gasteiger partial charge in [-0.1, -0.05) is 111 Å². The fourth-order valence-corrected chi connectivity index (χ4v) is 7.28. The summed E-state index contributed by atoms with van der Waals surface area (Å²) in [4.78, 5) is 83.3. The minimum atomic E-state index is -1.18. The van der Waals surface area contributed by atoms with Crippen molar-refractivity contribution in [1.29, 1.82) is 0 Å². The van der Waals surface area contributed by atoms with E-state index in [4.69, 9.17) is 24.1 Å². The summed E-state index contributed by atoms with van der Waals surface area (Å²) in [6.07, 6.45) is 19.8. The summed E-state index contributed by atoms with van der Waals surface area (Å²) in [7, 11) is 0. The van der Waals surface area contributed by atoms with E-state index in [1.807, 2.05) is 13.8 Å². The van der Waals surface area contributed by atoms with Crippen LogP contribution in [0.15, 0.2) is 0 Å².